The Bertz CT molecular complexity index is 1160. The van der Waals surface area contributed by atoms with E-state index in [9.17, 15) is 19.0 Å². The summed E-state index contributed by atoms with van der Waals surface area (Å²) in [5, 5.41) is 0. The number of rotatable bonds is 45. The minimum Gasteiger partial charge on any atom is -0.462 e. The molecule has 0 fully saturated rings. The Balaban J connectivity index is 4.03. The highest BCUT2D eigenvalue weighted by Crippen LogP contribution is 2.43. The standard InChI is InChI=1S/C51H91O8P/c1-4-7-9-11-13-15-17-19-21-23-25-26-28-30-32-34-36-38-40-42-44-46-51(53)59-49(48-58-60(54,55)57-6-3)47-56-50(52)45-43-41-39-37-35-33-31-29-27-24-22-20-18-16-14-12-10-8-5-2/h7,9,13,15,19-22,25-26,49H,4-6,8,10-12,14,16-18,23-24,27-48H2,1-3H3,(H,54,55)/b9-7-,15-13-,21-19-,22-20-,26-25-. The van der Waals surface area contributed by atoms with Gasteiger partial charge in [-0.05, 0) is 84.0 Å². The van der Waals surface area contributed by atoms with Crippen LogP contribution in [0.2, 0.25) is 0 Å². The minimum atomic E-state index is -4.29. The molecule has 8 nitrogen and oxygen atoms in total. The van der Waals surface area contributed by atoms with Gasteiger partial charge in [-0.3, -0.25) is 18.6 Å². The Kier molecular flexibility index (Phi) is 44.5. The fourth-order valence-corrected chi connectivity index (χ4v) is 7.49. The smallest absolute Gasteiger partial charge is 0.462 e. The molecule has 0 bridgehead atoms. The first-order valence-corrected chi connectivity index (χ1v) is 26.1. The molecule has 0 rings (SSSR count). The zero-order valence-corrected chi connectivity index (χ0v) is 39.7. The Morgan fingerprint density at radius 2 is 0.850 bits per heavy atom. The predicted octanol–water partition coefficient (Wildman–Crippen LogP) is 15.9. The number of carbonyl (C=O) groups excluding carboxylic acids is 2. The molecule has 2 atom stereocenters. The summed E-state index contributed by atoms with van der Waals surface area (Å²) in [6, 6.07) is 0. The lowest BCUT2D eigenvalue weighted by Crippen LogP contribution is -2.29. The van der Waals surface area contributed by atoms with Gasteiger partial charge >= 0.3 is 19.8 Å². The molecule has 348 valence electrons. The molecule has 9 heteroatoms. The molecule has 0 radical (unpaired) electrons. The molecule has 0 aromatic rings. The average Bonchev–Trinajstić information content (AvgIpc) is 3.23. The molecule has 0 aliphatic heterocycles. The average molecular weight is 863 g/mol. The molecule has 0 aromatic heterocycles. The maximum absolute atomic E-state index is 12.6. The van der Waals surface area contributed by atoms with Crippen LogP contribution in [0.5, 0.6) is 0 Å². The molecule has 0 aliphatic rings. The summed E-state index contributed by atoms with van der Waals surface area (Å²) in [5.74, 6) is -0.806. The molecule has 1 N–H and O–H groups in total. The Morgan fingerprint density at radius 1 is 0.467 bits per heavy atom. The number of hydrogen-bond donors (Lipinski definition) is 1. The van der Waals surface area contributed by atoms with Crippen LogP contribution in [0.1, 0.15) is 226 Å². The first-order chi connectivity index (χ1) is 29.3. The number of hydrogen-bond acceptors (Lipinski definition) is 7. The van der Waals surface area contributed by atoms with E-state index in [-0.39, 0.29) is 32.0 Å². The quantitative estimate of drug-likeness (QED) is 0.0279. The molecule has 0 saturated carbocycles. The molecule has 60 heavy (non-hydrogen) atoms. The van der Waals surface area contributed by atoms with Gasteiger partial charge < -0.3 is 14.4 Å². The molecule has 0 heterocycles. The van der Waals surface area contributed by atoms with Crippen molar-refractivity contribution in [3.63, 3.8) is 0 Å². The molecule has 0 saturated heterocycles. The van der Waals surface area contributed by atoms with Crippen molar-refractivity contribution in [1.29, 1.82) is 0 Å². The van der Waals surface area contributed by atoms with Gasteiger partial charge in [0, 0.05) is 12.8 Å². The number of carbonyl (C=O) groups is 2. The molecular formula is C51H91O8P. The highest BCUT2D eigenvalue weighted by molar-refractivity contribution is 7.47. The number of unbranched alkanes of at least 4 members (excludes halogenated alkanes) is 23. The van der Waals surface area contributed by atoms with Crippen LogP contribution in [0.4, 0.5) is 0 Å². The normalized spacial score (nSPS) is 13.7. The number of phosphoric ester groups is 1. The topological polar surface area (TPSA) is 108 Å². The zero-order chi connectivity index (χ0) is 43.9. The van der Waals surface area contributed by atoms with Gasteiger partial charge in [0.1, 0.15) is 6.61 Å². The van der Waals surface area contributed by atoms with Crippen LogP contribution >= 0.6 is 7.82 Å². The van der Waals surface area contributed by atoms with Gasteiger partial charge in [0.15, 0.2) is 6.10 Å². The maximum atomic E-state index is 12.6. The molecule has 0 amide bonds. The van der Waals surface area contributed by atoms with Gasteiger partial charge in [-0.2, -0.15) is 0 Å². The predicted molar refractivity (Wildman–Crippen MR) is 253 cm³/mol. The molecule has 0 aliphatic carbocycles. The lowest BCUT2D eigenvalue weighted by Gasteiger charge is -2.19. The molecule has 0 aromatic carbocycles. The summed E-state index contributed by atoms with van der Waals surface area (Å²) in [6.45, 7) is 5.37. The minimum absolute atomic E-state index is 0.00347. The van der Waals surface area contributed by atoms with E-state index in [1.54, 1.807) is 6.92 Å². The van der Waals surface area contributed by atoms with Crippen LogP contribution in [0.15, 0.2) is 60.8 Å². The van der Waals surface area contributed by atoms with Crippen LogP contribution in [-0.4, -0.2) is 42.8 Å². The van der Waals surface area contributed by atoms with E-state index in [0.717, 1.165) is 70.6 Å². The van der Waals surface area contributed by atoms with E-state index in [2.05, 4.69) is 74.6 Å². The highest BCUT2D eigenvalue weighted by atomic mass is 31.2. The second kappa shape index (κ2) is 46.3. The van der Waals surface area contributed by atoms with Crippen molar-refractivity contribution in [3.8, 4) is 0 Å². The molecular weight excluding hydrogens is 772 g/mol. The van der Waals surface area contributed by atoms with Gasteiger partial charge in [0.2, 0.25) is 0 Å². The lowest BCUT2D eigenvalue weighted by molar-refractivity contribution is -0.161. The second-order valence-electron chi connectivity index (χ2n) is 16.1. The van der Waals surface area contributed by atoms with Crippen LogP contribution < -0.4 is 0 Å². The van der Waals surface area contributed by atoms with Crippen molar-refractivity contribution < 1.29 is 37.6 Å². The van der Waals surface area contributed by atoms with E-state index >= 15 is 0 Å². The first-order valence-electron chi connectivity index (χ1n) is 24.6. The fraction of sp³-hybridized carbons (Fsp3) is 0.765. The summed E-state index contributed by atoms with van der Waals surface area (Å²) in [7, 11) is -4.29. The van der Waals surface area contributed by atoms with E-state index in [1.807, 2.05) is 0 Å². The molecule has 2 unspecified atom stereocenters. The van der Waals surface area contributed by atoms with Gasteiger partial charge in [-0.1, -0.05) is 190 Å². The van der Waals surface area contributed by atoms with Gasteiger partial charge in [0.05, 0.1) is 13.2 Å². The summed E-state index contributed by atoms with van der Waals surface area (Å²) in [6.07, 6.45) is 57.0. The van der Waals surface area contributed by atoms with Crippen molar-refractivity contribution in [1.82, 2.24) is 0 Å². The third-order valence-corrected chi connectivity index (χ3v) is 11.4. The van der Waals surface area contributed by atoms with E-state index in [1.165, 1.54) is 116 Å². The third kappa shape index (κ3) is 45.3. The summed E-state index contributed by atoms with van der Waals surface area (Å²) >= 11 is 0. The first kappa shape index (κ1) is 57.8. The summed E-state index contributed by atoms with van der Waals surface area (Å²) in [5.41, 5.74) is 0. The van der Waals surface area contributed by atoms with E-state index in [4.69, 9.17) is 18.5 Å². The Morgan fingerprint density at radius 3 is 1.30 bits per heavy atom. The third-order valence-electron chi connectivity index (χ3n) is 10.3. The number of phosphoric acid groups is 1. The van der Waals surface area contributed by atoms with Crippen molar-refractivity contribution in [2.75, 3.05) is 19.8 Å². The largest absolute Gasteiger partial charge is 0.472 e. The second-order valence-corrected chi connectivity index (χ2v) is 17.5. The maximum Gasteiger partial charge on any atom is 0.472 e. The monoisotopic (exact) mass is 863 g/mol. The van der Waals surface area contributed by atoms with Crippen molar-refractivity contribution >= 4 is 19.8 Å². The van der Waals surface area contributed by atoms with Gasteiger partial charge in [-0.25, -0.2) is 4.57 Å². The SMILES string of the molecule is CC/C=C\C/C=C\C/C=C\C/C=C\CCCCCCCCCCC(=O)OC(COC(=O)CCCCCCCCCCC/C=C\CCCCCCCC)COP(=O)(O)OCC. The van der Waals surface area contributed by atoms with Crippen molar-refractivity contribution in [2.24, 2.45) is 0 Å². The number of allylic oxidation sites excluding steroid dienone is 10. The Labute approximate surface area is 369 Å². The number of esters is 2. The van der Waals surface area contributed by atoms with Gasteiger partial charge in [0.25, 0.3) is 0 Å². The van der Waals surface area contributed by atoms with E-state index < -0.39 is 26.5 Å². The lowest BCUT2D eigenvalue weighted by atomic mass is 10.1. The Hall–Kier alpha value is -2.25. The van der Waals surface area contributed by atoms with Crippen LogP contribution in [-0.2, 0) is 32.7 Å². The van der Waals surface area contributed by atoms with E-state index in [0.29, 0.717) is 6.42 Å². The van der Waals surface area contributed by atoms with Gasteiger partial charge in [-0.15, -0.1) is 0 Å². The number of ether oxygens (including phenoxy) is 2. The van der Waals surface area contributed by atoms with Crippen LogP contribution in [0, 0.1) is 0 Å². The fourth-order valence-electron chi connectivity index (χ4n) is 6.73. The van der Waals surface area contributed by atoms with Crippen LogP contribution in [0.3, 0.4) is 0 Å². The van der Waals surface area contributed by atoms with Crippen molar-refractivity contribution in [2.45, 2.75) is 232 Å². The summed E-state index contributed by atoms with van der Waals surface area (Å²) in [4.78, 5) is 34.9. The highest BCUT2D eigenvalue weighted by Gasteiger charge is 2.25. The molecule has 0 spiro atoms. The van der Waals surface area contributed by atoms with Crippen LogP contribution in [0.25, 0.3) is 0 Å². The zero-order valence-electron chi connectivity index (χ0n) is 38.9. The van der Waals surface area contributed by atoms with Crippen molar-refractivity contribution in [3.05, 3.63) is 60.8 Å². The summed E-state index contributed by atoms with van der Waals surface area (Å²) < 4.78 is 32.8.